The second kappa shape index (κ2) is 4.31. The third-order valence-corrected chi connectivity index (χ3v) is 2.16. The van der Waals surface area contributed by atoms with Crippen LogP contribution in [0, 0.1) is 6.92 Å². The minimum atomic E-state index is 0.659. The molecule has 0 saturated carbocycles. The van der Waals surface area contributed by atoms with E-state index in [0.29, 0.717) is 13.2 Å². The summed E-state index contributed by atoms with van der Waals surface area (Å²) in [4.78, 5) is 4.34. The van der Waals surface area contributed by atoms with Gasteiger partial charge in [0, 0.05) is 6.20 Å². The second-order valence-corrected chi connectivity index (χ2v) is 3.50. The number of hydrogen-bond acceptors (Lipinski definition) is 3. The summed E-state index contributed by atoms with van der Waals surface area (Å²) in [6.45, 7) is 3.30. The number of imidazole rings is 1. The predicted molar refractivity (Wildman–Crippen MR) is 59.1 cm³/mol. The van der Waals surface area contributed by atoms with E-state index in [0.717, 1.165) is 23.5 Å². The van der Waals surface area contributed by atoms with E-state index in [-0.39, 0.29) is 0 Å². The zero-order valence-electron chi connectivity index (χ0n) is 8.81. The third kappa shape index (κ3) is 2.27. The van der Waals surface area contributed by atoms with Crippen molar-refractivity contribution in [3.05, 3.63) is 30.2 Å². The predicted octanol–water partition coefficient (Wildman–Crippen LogP) is 1.37. The maximum absolute atomic E-state index is 5.54. The van der Waals surface area contributed by atoms with Gasteiger partial charge in [0.2, 0.25) is 0 Å². The van der Waals surface area contributed by atoms with Crippen LogP contribution in [0.4, 0.5) is 0 Å². The summed E-state index contributed by atoms with van der Waals surface area (Å²) >= 11 is 0. The van der Waals surface area contributed by atoms with Crippen LogP contribution in [-0.2, 0) is 0 Å². The van der Waals surface area contributed by atoms with Gasteiger partial charge in [0.25, 0.3) is 0 Å². The van der Waals surface area contributed by atoms with E-state index in [1.165, 1.54) is 0 Å². The minimum absolute atomic E-state index is 0.659. The largest absolute Gasteiger partial charge is 0.492 e. The molecular formula is C11H15N3O. The van der Waals surface area contributed by atoms with Crippen molar-refractivity contribution in [3.8, 4) is 5.75 Å². The van der Waals surface area contributed by atoms with Crippen LogP contribution in [0.2, 0.25) is 0 Å². The highest BCUT2D eigenvalue weighted by Crippen LogP contribution is 2.13. The Balaban J connectivity index is 2.15. The zero-order chi connectivity index (χ0) is 10.7. The molecule has 4 heteroatoms. The van der Waals surface area contributed by atoms with E-state index in [1.54, 1.807) is 0 Å². The van der Waals surface area contributed by atoms with Crippen LogP contribution in [0.5, 0.6) is 5.75 Å². The summed E-state index contributed by atoms with van der Waals surface area (Å²) in [5.74, 6) is 0.855. The first-order chi connectivity index (χ1) is 7.29. The van der Waals surface area contributed by atoms with Crippen molar-refractivity contribution >= 4 is 5.65 Å². The number of aryl methyl sites for hydroxylation is 1. The maximum atomic E-state index is 5.54. The van der Waals surface area contributed by atoms with Crippen molar-refractivity contribution in [2.75, 3.05) is 13.2 Å². The first-order valence-corrected chi connectivity index (χ1v) is 5.08. The normalized spacial score (nSPS) is 10.8. The number of aromatic nitrogens is 2. The number of rotatable bonds is 4. The highest BCUT2D eigenvalue weighted by atomic mass is 16.5. The van der Waals surface area contributed by atoms with Crippen molar-refractivity contribution in [3.63, 3.8) is 0 Å². The molecule has 0 aliphatic rings. The van der Waals surface area contributed by atoms with Gasteiger partial charge in [-0.15, -0.1) is 0 Å². The molecule has 0 aromatic carbocycles. The number of ether oxygens (including phenoxy) is 1. The van der Waals surface area contributed by atoms with E-state index in [4.69, 9.17) is 10.5 Å². The minimum Gasteiger partial charge on any atom is -0.492 e. The van der Waals surface area contributed by atoms with Crippen LogP contribution in [0.3, 0.4) is 0 Å². The monoisotopic (exact) mass is 205 g/mol. The highest BCUT2D eigenvalue weighted by Gasteiger charge is 1.99. The smallest absolute Gasteiger partial charge is 0.137 e. The average Bonchev–Trinajstić information content (AvgIpc) is 2.57. The van der Waals surface area contributed by atoms with Gasteiger partial charge in [0.1, 0.15) is 11.4 Å². The van der Waals surface area contributed by atoms with Crippen LogP contribution in [-0.4, -0.2) is 22.5 Å². The Bertz CT molecular complexity index is 450. The summed E-state index contributed by atoms with van der Waals surface area (Å²) < 4.78 is 7.50. The molecule has 2 heterocycles. The molecule has 2 aromatic rings. The lowest BCUT2D eigenvalue weighted by Gasteiger charge is -2.05. The molecule has 0 amide bonds. The van der Waals surface area contributed by atoms with Gasteiger partial charge in [-0.2, -0.15) is 0 Å². The molecule has 0 saturated heterocycles. The lowest BCUT2D eigenvalue weighted by atomic mass is 10.4. The fourth-order valence-corrected chi connectivity index (χ4v) is 1.46. The molecular weight excluding hydrogens is 190 g/mol. The first kappa shape index (κ1) is 9.98. The fourth-order valence-electron chi connectivity index (χ4n) is 1.46. The lowest BCUT2D eigenvalue weighted by molar-refractivity contribution is 0.312. The number of hydrogen-bond donors (Lipinski definition) is 1. The van der Waals surface area contributed by atoms with E-state index in [1.807, 2.05) is 35.9 Å². The Kier molecular flexibility index (Phi) is 2.87. The Morgan fingerprint density at radius 2 is 2.27 bits per heavy atom. The third-order valence-electron chi connectivity index (χ3n) is 2.16. The highest BCUT2D eigenvalue weighted by molar-refractivity contribution is 5.42. The van der Waals surface area contributed by atoms with E-state index < -0.39 is 0 Å². The van der Waals surface area contributed by atoms with Gasteiger partial charge < -0.3 is 14.9 Å². The van der Waals surface area contributed by atoms with Crippen molar-refractivity contribution in [1.82, 2.24) is 9.38 Å². The molecule has 2 aromatic heterocycles. The van der Waals surface area contributed by atoms with Gasteiger partial charge in [-0.3, -0.25) is 0 Å². The molecule has 80 valence electrons. The summed E-state index contributed by atoms with van der Waals surface area (Å²) in [5, 5.41) is 0. The molecule has 0 radical (unpaired) electrons. The molecule has 0 unspecified atom stereocenters. The van der Waals surface area contributed by atoms with E-state index in [9.17, 15) is 0 Å². The van der Waals surface area contributed by atoms with Gasteiger partial charge in [0.15, 0.2) is 0 Å². The summed E-state index contributed by atoms with van der Waals surface area (Å²) in [6, 6.07) is 3.88. The molecule has 2 rings (SSSR count). The first-order valence-electron chi connectivity index (χ1n) is 5.08. The number of fused-ring (bicyclic) bond motifs is 1. The second-order valence-electron chi connectivity index (χ2n) is 3.50. The van der Waals surface area contributed by atoms with Crippen LogP contribution in [0.1, 0.15) is 12.1 Å². The summed E-state index contributed by atoms with van der Waals surface area (Å²) in [5.41, 5.74) is 7.34. The summed E-state index contributed by atoms with van der Waals surface area (Å²) in [6.07, 6.45) is 4.79. The molecule has 0 atom stereocenters. The number of pyridine rings is 1. The van der Waals surface area contributed by atoms with Crippen LogP contribution in [0.15, 0.2) is 24.5 Å². The summed E-state index contributed by atoms with van der Waals surface area (Å²) in [7, 11) is 0. The molecule has 0 fully saturated rings. The van der Waals surface area contributed by atoms with Gasteiger partial charge >= 0.3 is 0 Å². The topological polar surface area (TPSA) is 52.5 Å². The Morgan fingerprint density at radius 1 is 1.40 bits per heavy atom. The number of nitrogens with two attached hydrogens (primary N) is 1. The zero-order valence-corrected chi connectivity index (χ0v) is 8.81. The van der Waals surface area contributed by atoms with Crippen molar-refractivity contribution < 1.29 is 4.74 Å². The Hall–Kier alpha value is -1.55. The molecule has 15 heavy (non-hydrogen) atoms. The number of nitrogens with zero attached hydrogens (tertiary/aromatic N) is 2. The molecule has 0 spiro atoms. The van der Waals surface area contributed by atoms with E-state index in [2.05, 4.69) is 4.98 Å². The Morgan fingerprint density at radius 3 is 3.07 bits per heavy atom. The van der Waals surface area contributed by atoms with E-state index >= 15 is 0 Å². The van der Waals surface area contributed by atoms with Crippen molar-refractivity contribution in [2.45, 2.75) is 13.3 Å². The lowest BCUT2D eigenvalue weighted by Crippen LogP contribution is -2.06. The molecule has 0 bridgehead atoms. The van der Waals surface area contributed by atoms with Crippen LogP contribution in [0.25, 0.3) is 5.65 Å². The molecule has 0 aliphatic heterocycles. The van der Waals surface area contributed by atoms with Gasteiger partial charge in [0.05, 0.1) is 18.5 Å². The molecule has 2 N–H and O–H groups in total. The quantitative estimate of drug-likeness (QED) is 0.767. The van der Waals surface area contributed by atoms with Crippen molar-refractivity contribution in [1.29, 1.82) is 0 Å². The maximum Gasteiger partial charge on any atom is 0.137 e. The van der Waals surface area contributed by atoms with Crippen LogP contribution >= 0.6 is 0 Å². The SMILES string of the molecule is Cc1cn2cc(OCCCN)ccc2n1. The fraction of sp³-hybridized carbons (Fsp3) is 0.364. The average molecular weight is 205 g/mol. The molecule has 0 aliphatic carbocycles. The van der Waals surface area contributed by atoms with Gasteiger partial charge in [-0.05, 0) is 32.0 Å². The van der Waals surface area contributed by atoms with Gasteiger partial charge in [-0.1, -0.05) is 0 Å². The molecule has 4 nitrogen and oxygen atoms in total. The van der Waals surface area contributed by atoms with Crippen LogP contribution < -0.4 is 10.5 Å². The van der Waals surface area contributed by atoms with Gasteiger partial charge in [-0.25, -0.2) is 4.98 Å². The van der Waals surface area contributed by atoms with Crippen molar-refractivity contribution in [2.24, 2.45) is 5.73 Å². The standard InChI is InChI=1S/C11H15N3O/c1-9-7-14-8-10(15-6-2-5-12)3-4-11(14)13-9/h3-4,7-8H,2,5-6,12H2,1H3. The Labute approximate surface area is 88.7 Å².